The summed E-state index contributed by atoms with van der Waals surface area (Å²) >= 11 is 0. The fourth-order valence-corrected chi connectivity index (χ4v) is 3.26. The number of rotatable bonds is 8. The molecule has 1 heterocycles. The van der Waals surface area contributed by atoms with E-state index in [1.807, 2.05) is 6.07 Å². The van der Waals surface area contributed by atoms with Crippen molar-refractivity contribution in [2.24, 2.45) is 0 Å². The molecule has 0 radical (unpaired) electrons. The largest absolute Gasteiger partial charge is 0.352 e. The molecule has 6 nitrogen and oxygen atoms in total. The van der Waals surface area contributed by atoms with Gasteiger partial charge in [0.05, 0.1) is 11.9 Å². The molecule has 8 heteroatoms. The molecule has 0 saturated carbocycles. The summed E-state index contributed by atoms with van der Waals surface area (Å²) in [6.07, 6.45) is 4.74. The average molecular weight is 365 g/mol. The van der Waals surface area contributed by atoms with Crippen LogP contribution in [0.15, 0.2) is 48.8 Å². The SMILES string of the molecule is CS(=O)(=O)N(CCCC(=O)NCc1cccnc1)c1ccccc1F. The van der Waals surface area contributed by atoms with Gasteiger partial charge in [0.1, 0.15) is 5.82 Å². The molecule has 1 aromatic carbocycles. The molecule has 0 aliphatic heterocycles. The van der Waals surface area contributed by atoms with Gasteiger partial charge in [-0.3, -0.25) is 14.1 Å². The highest BCUT2D eigenvalue weighted by atomic mass is 32.2. The second-order valence-corrected chi connectivity index (χ2v) is 7.43. The molecule has 25 heavy (non-hydrogen) atoms. The molecule has 134 valence electrons. The van der Waals surface area contributed by atoms with Crippen LogP contribution in [-0.4, -0.2) is 32.1 Å². The quantitative estimate of drug-likeness (QED) is 0.777. The monoisotopic (exact) mass is 365 g/mol. The minimum atomic E-state index is -3.64. The standard InChI is InChI=1S/C17H20FN3O3S/c1-25(23,24)21(16-8-3-2-7-15(16)18)11-5-9-17(22)20-13-14-6-4-10-19-12-14/h2-4,6-8,10,12H,5,9,11,13H2,1H3,(H,20,22). The summed E-state index contributed by atoms with van der Waals surface area (Å²) in [5.41, 5.74) is 0.862. The van der Waals surface area contributed by atoms with Crippen LogP contribution in [0.4, 0.5) is 10.1 Å². The first-order valence-corrected chi connectivity index (χ1v) is 9.60. The van der Waals surface area contributed by atoms with Gasteiger partial charge in [-0.2, -0.15) is 0 Å². The number of hydrogen-bond acceptors (Lipinski definition) is 4. The van der Waals surface area contributed by atoms with Gasteiger partial charge in [-0.05, 0) is 30.2 Å². The first kappa shape index (κ1) is 18.9. The lowest BCUT2D eigenvalue weighted by molar-refractivity contribution is -0.121. The topological polar surface area (TPSA) is 79.4 Å². The number of nitrogens with zero attached hydrogens (tertiary/aromatic N) is 2. The van der Waals surface area contributed by atoms with Crippen LogP contribution in [0.3, 0.4) is 0 Å². The molecule has 0 aliphatic carbocycles. The van der Waals surface area contributed by atoms with E-state index in [0.29, 0.717) is 6.54 Å². The Kier molecular flexibility index (Phi) is 6.46. The van der Waals surface area contributed by atoms with E-state index in [4.69, 9.17) is 0 Å². The maximum Gasteiger partial charge on any atom is 0.232 e. The summed E-state index contributed by atoms with van der Waals surface area (Å²) in [4.78, 5) is 15.8. The van der Waals surface area contributed by atoms with E-state index >= 15 is 0 Å². The van der Waals surface area contributed by atoms with E-state index in [1.165, 1.54) is 18.2 Å². The van der Waals surface area contributed by atoms with Gasteiger partial charge in [0.25, 0.3) is 0 Å². The summed E-state index contributed by atoms with van der Waals surface area (Å²) in [6, 6.07) is 9.28. The molecule has 0 spiro atoms. The van der Waals surface area contributed by atoms with Gasteiger partial charge in [-0.1, -0.05) is 18.2 Å². The number of benzene rings is 1. The van der Waals surface area contributed by atoms with Gasteiger partial charge in [0, 0.05) is 31.9 Å². The van der Waals surface area contributed by atoms with Crippen LogP contribution in [0.1, 0.15) is 18.4 Å². The van der Waals surface area contributed by atoms with Crippen molar-refractivity contribution >= 4 is 21.6 Å². The predicted molar refractivity (Wildman–Crippen MR) is 93.9 cm³/mol. The summed E-state index contributed by atoms with van der Waals surface area (Å²) < 4.78 is 38.7. The van der Waals surface area contributed by atoms with E-state index in [2.05, 4.69) is 10.3 Å². The van der Waals surface area contributed by atoms with Crippen molar-refractivity contribution in [3.05, 3.63) is 60.2 Å². The first-order chi connectivity index (χ1) is 11.9. The number of anilines is 1. The molecule has 0 unspecified atom stereocenters. The number of amides is 1. The second-order valence-electron chi connectivity index (χ2n) is 5.53. The number of para-hydroxylation sites is 1. The highest BCUT2D eigenvalue weighted by molar-refractivity contribution is 7.92. The lowest BCUT2D eigenvalue weighted by Crippen LogP contribution is -2.32. The molecule has 0 atom stereocenters. The minimum absolute atomic E-state index is 0.0132. The van der Waals surface area contributed by atoms with Gasteiger partial charge >= 0.3 is 0 Å². The van der Waals surface area contributed by atoms with E-state index in [1.54, 1.807) is 24.5 Å². The third kappa shape index (κ3) is 5.82. The van der Waals surface area contributed by atoms with Gasteiger partial charge in [-0.25, -0.2) is 12.8 Å². The van der Waals surface area contributed by atoms with Crippen molar-refractivity contribution in [3.8, 4) is 0 Å². The Bertz CT molecular complexity index is 813. The lowest BCUT2D eigenvalue weighted by atomic mass is 10.2. The summed E-state index contributed by atoms with van der Waals surface area (Å²) in [5, 5.41) is 2.74. The van der Waals surface area contributed by atoms with Gasteiger partial charge in [-0.15, -0.1) is 0 Å². The molecule has 0 fully saturated rings. The van der Waals surface area contributed by atoms with Gasteiger partial charge < -0.3 is 5.32 Å². The van der Waals surface area contributed by atoms with E-state index in [0.717, 1.165) is 16.1 Å². The zero-order chi connectivity index (χ0) is 18.3. The lowest BCUT2D eigenvalue weighted by Gasteiger charge is -2.22. The highest BCUT2D eigenvalue weighted by Gasteiger charge is 2.20. The average Bonchev–Trinajstić information content (AvgIpc) is 2.58. The van der Waals surface area contributed by atoms with Crippen molar-refractivity contribution in [2.45, 2.75) is 19.4 Å². The van der Waals surface area contributed by atoms with E-state index < -0.39 is 15.8 Å². The number of nitrogens with one attached hydrogen (secondary N) is 1. The van der Waals surface area contributed by atoms with Crippen LogP contribution >= 0.6 is 0 Å². The molecular formula is C17H20FN3O3S. The number of aromatic nitrogens is 1. The van der Waals surface area contributed by atoms with Crippen LogP contribution in [-0.2, 0) is 21.4 Å². The maximum atomic E-state index is 13.9. The number of carbonyl (C=O) groups is 1. The molecule has 0 aliphatic rings. The Morgan fingerprint density at radius 2 is 2.00 bits per heavy atom. The smallest absolute Gasteiger partial charge is 0.232 e. The Hall–Kier alpha value is -2.48. The van der Waals surface area contributed by atoms with Crippen molar-refractivity contribution in [1.29, 1.82) is 0 Å². The third-order valence-electron chi connectivity index (χ3n) is 3.50. The second kappa shape index (κ2) is 8.57. The third-order valence-corrected chi connectivity index (χ3v) is 4.68. The van der Waals surface area contributed by atoms with Gasteiger partial charge in [0.2, 0.25) is 15.9 Å². The van der Waals surface area contributed by atoms with E-state index in [9.17, 15) is 17.6 Å². The van der Waals surface area contributed by atoms with Crippen molar-refractivity contribution < 1.29 is 17.6 Å². The van der Waals surface area contributed by atoms with Crippen LogP contribution < -0.4 is 9.62 Å². The number of hydrogen-bond donors (Lipinski definition) is 1. The molecular weight excluding hydrogens is 345 g/mol. The number of sulfonamides is 1. The number of carbonyl (C=O) groups excluding carboxylic acids is 1. The molecule has 1 amide bonds. The van der Waals surface area contributed by atoms with Gasteiger partial charge in [0.15, 0.2) is 0 Å². The van der Waals surface area contributed by atoms with Crippen LogP contribution in [0, 0.1) is 5.82 Å². The Morgan fingerprint density at radius 1 is 1.24 bits per heavy atom. The zero-order valence-corrected chi connectivity index (χ0v) is 14.7. The van der Waals surface area contributed by atoms with Crippen LogP contribution in [0.25, 0.3) is 0 Å². The Balaban J connectivity index is 1.89. The van der Waals surface area contributed by atoms with Crippen molar-refractivity contribution in [1.82, 2.24) is 10.3 Å². The summed E-state index contributed by atoms with van der Waals surface area (Å²) in [6.45, 7) is 0.385. The molecule has 0 bridgehead atoms. The van der Waals surface area contributed by atoms with Crippen LogP contribution in [0.5, 0.6) is 0 Å². The summed E-state index contributed by atoms with van der Waals surface area (Å²) in [5.74, 6) is -0.820. The summed E-state index contributed by atoms with van der Waals surface area (Å²) in [7, 11) is -3.64. The molecule has 2 rings (SSSR count). The Morgan fingerprint density at radius 3 is 2.64 bits per heavy atom. The molecule has 0 saturated heterocycles. The number of halogens is 1. The minimum Gasteiger partial charge on any atom is -0.352 e. The van der Waals surface area contributed by atoms with Crippen molar-refractivity contribution in [3.63, 3.8) is 0 Å². The number of pyridine rings is 1. The van der Waals surface area contributed by atoms with E-state index in [-0.39, 0.29) is 31.0 Å². The first-order valence-electron chi connectivity index (χ1n) is 7.76. The predicted octanol–water partition coefficient (Wildman–Crippen LogP) is 2.08. The van der Waals surface area contributed by atoms with Crippen molar-refractivity contribution in [2.75, 3.05) is 17.1 Å². The fraction of sp³-hybridized carbons (Fsp3) is 0.294. The zero-order valence-electron chi connectivity index (χ0n) is 13.9. The fourth-order valence-electron chi connectivity index (χ4n) is 2.29. The Labute approximate surface area is 146 Å². The highest BCUT2D eigenvalue weighted by Crippen LogP contribution is 2.21. The van der Waals surface area contributed by atoms with Crippen LogP contribution in [0.2, 0.25) is 0 Å². The molecule has 1 aromatic heterocycles. The molecule has 1 N–H and O–H groups in total. The maximum absolute atomic E-state index is 13.9. The molecule has 2 aromatic rings. The normalized spacial score (nSPS) is 11.1.